The van der Waals surface area contributed by atoms with Gasteiger partial charge in [-0.1, -0.05) is 13.8 Å². The van der Waals surface area contributed by atoms with Gasteiger partial charge in [0.1, 0.15) is 36.9 Å². The van der Waals surface area contributed by atoms with Crippen molar-refractivity contribution in [2.45, 2.75) is 38.9 Å². The predicted molar refractivity (Wildman–Crippen MR) is 108 cm³/mol. The fourth-order valence-electron chi connectivity index (χ4n) is 3.70. The minimum Gasteiger partial charge on any atom is -0.491 e. The second-order valence-electron chi connectivity index (χ2n) is 7.79. The molecule has 0 radical (unpaired) electrons. The van der Waals surface area contributed by atoms with Gasteiger partial charge in [-0.25, -0.2) is 23.5 Å². The topological polar surface area (TPSA) is 112 Å². The molecular formula is C20H23F2N5O4. The zero-order valence-corrected chi connectivity index (χ0v) is 17.0. The number of carbonyl (C=O) groups excluding carboxylic acids is 2. The molecule has 2 amide bonds. The van der Waals surface area contributed by atoms with Crippen LogP contribution in [0.1, 0.15) is 13.8 Å². The third-order valence-corrected chi connectivity index (χ3v) is 5.32. The van der Waals surface area contributed by atoms with Gasteiger partial charge in [0.05, 0.1) is 12.1 Å². The number of rotatable bonds is 6. The van der Waals surface area contributed by atoms with Crippen LogP contribution in [-0.2, 0) is 16.1 Å². The first-order valence-corrected chi connectivity index (χ1v) is 9.90. The number of nitrogens with two attached hydrogens (primary N) is 1. The van der Waals surface area contributed by atoms with Gasteiger partial charge < -0.3 is 25.1 Å². The number of fused-ring (bicyclic) bond motifs is 3. The number of halogens is 2. The van der Waals surface area contributed by atoms with Gasteiger partial charge in [-0.3, -0.25) is 4.79 Å². The molecule has 1 aromatic heterocycles. The molecule has 0 bridgehead atoms. The second-order valence-corrected chi connectivity index (χ2v) is 7.79. The average molecular weight is 435 g/mol. The van der Waals surface area contributed by atoms with Crippen LogP contribution in [0.2, 0.25) is 0 Å². The molecule has 4 rings (SSSR count). The highest BCUT2D eigenvalue weighted by Gasteiger charge is 2.42. The molecule has 9 nitrogen and oxygen atoms in total. The van der Waals surface area contributed by atoms with Gasteiger partial charge in [0.25, 0.3) is 6.43 Å². The normalized spacial score (nSPS) is 18.8. The van der Waals surface area contributed by atoms with Gasteiger partial charge in [-0.2, -0.15) is 0 Å². The van der Waals surface area contributed by atoms with E-state index in [1.807, 2.05) is 13.8 Å². The number of hydrogen-bond acceptors (Lipinski definition) is 6. The molecule has 1 fully saturated rings. The molecular weight excluding hydrogens is 412 g/mol. The van der Waals surface area contributed by atoms with Gasteiger partial charge in [-0.15, -0.1) is 0 Å². The molecule has 2 atom stereocenters. The maximum atomic E-state index is 13.3. The summed E-state index contributed by atoms with van der Waals surface area (Å²) in [6.07, 6.45) is -2.05. The molecule has 11 heteroatoms. The minimum absolute atomic E-state index is 0.0123. The number of nitrogens with one attached hydrogen (secondary N) is 1. The number of hydrogen-bond donors (Lipinski definition) is 2. The lowest BCUT2D eigenvalue weighted by Gasteiger charge is -2.21. The molecule has 3 heterocycles. The van der Waals surface area contributed by atoms with E-state index < -0.39 is 30.5 Å². The number of ether oxygens (including phenoxy) is 2. The monoisotopic (exact) mass is 435 g/mol. The summed E-state index contributed by atoms with van der Waals surface area (Å²) in [4.78, 5) is 29.1. The van der Waals surface area contributed by atoms with Crippen molar-refractivity contribution >= 4 is 23.5 Å². The van der Waals surface area contributed by atoms with Crippen molar-refractivity contribution in [1.82, 2.24) is 9.55 Å². The van der Waals surface area contributed by atoms with E-state index in [0.29, 0.717) is 36.0 Å². The summed E-state index contributed by atoms with van der Waals surface area (Å²) in [5.74, 6) is 0.629. The number of nitrogens with zero attached hydrogens (tertiary/aromatic N) is 3. The molecule has 2 aromatic rings. The number of anilines is 2. The molecule has 0 spiro atoms. The molecule has 1 saturated heterocycles. The Hall–Kier alpha value is -3.37. The molecule has 2 aliphatic heterocycles. The molecule has 2 aliphatic rings. The Morgan fingerprint density at radius 1 is 1.32 bits per heavy atom. The van der Waals surface area contributed by atoms with Crippen LogP contribution in [0, 0.1) is 5.92 Å². The lowest BCUT2D eigenvalue weighted by Crippen LogP contribution is -2.39. The quantitative estimate of drug-likeness (QED) is 0.721. The Morgan fingerprint density at radius 3 is 2.77 bits per heavy atom. The van der Waals surface area contributed by atoms with Crippen LogP contribution in [0.5, 0.6) is 5.75 Å². The summed E-state index contributed by atoms with van der Waals surface area (Å²) in [5, 5.41) is 3.11. The van der Waals surface area contributed by atoms with Crippen LogP contribution in [-0.4, -0.2) is 53.3 Å². The number of benzene rings is 1. The Balaban J connectivity index is 1.67. The summed E-state index contributed by atoms with van der Waals surface area (Å²) in [6, 6.07) is 3.33. The predicted octanol–water partition coefficient (Wildman–Crippen LogP) is 2.45. The summed E-state index contributed by atoms with van der Waals surface area (Å²) in [5.41, 5.74) is 6.76. The van der Waals surface area contributed by atoms with Crippen LogP contribution < -0.4 is 20.7 Å². The molecule has 31 heavy (non-hydrogen) atoms. The molecule has 0 saturated carbocycles. The van der Waals surface area contributed by atoms with Crippen molar-refractivity contribution in [3.8, 4) is 17.1 Å². The maximum absolute atomic E-state index is 13.3. The van der Waals surface area contributed by atoms with Crippen molar-refractivity contribution in [2.24, 2.45) is 11.7 Å². The van der Waals surface area contributed by atoms with Crippen molar-refractivity contribution in [1.29, 1.82) is 0 Å². The van der Waals surface area contributed by atoms with Crippen LogP contribution in [0.25, 0.3) is 11.4 Å². The number of amides is 2. The Bertz CT molecular complexity index is 1010. The summed E-state index contributed by atoms with van der Waals surface area (Å²) in [7, 11) is 0. The van der Waals surface area contributed by atoms with E-state index in [9.17, 15) is 18.4 Å². The Morgan fingerprint density at radius 2 is 2.10 bits per heavy atom. The zero-order chi connectivity index (χ0) is 22.3. The number of carbonyl (C=O) groups is 2. The van der Waals surface area contributed by atoms with Crippen molar-refractivity contribution < 1.29 is 27.8 Å². The van der Waals surface area contributed by atoms with Crippen LogP contribution in [0.4, 0.5) is 25.1 Å². The van der Waals surface area contributed by atoms with Gasteiger partial charge in [0.15, 0.2) is 5.82 Å². The third-order valence-electron chi connectivity index (χ3n) is 5.32. The van der Waals surface area contributed by atoms with E-state index >= 15 is 0 Å². The van der Waals surface area contributed by atoms with E-state index in [1.54, 1.807) is 29.0 Å². The zero-order valence-electron chi connectivity index (χ0n) is 17.0. The van der Waals surface area contributed by atoms with Crippen molar-refractivity contribution in [3.05, 3.63) is 24.4 Å². The number of imidazole rings is 1. The fraction of sp³-hybridized carbons (Fsp3) is 0.450. The number of primary amides is 1. The number of alkyl halides is 2. The summed E-state index contributed by atoms with van der Waals surface area (Å²) >= 11 is 0. The van der Waals surface area contributed by atoms with Gasteiger partial charge >= 0.3 is 6.09 Å². The van der Waals surface area contributed by atoms with Gasteiger partial charge in [0, 0.05) is 18.0 Å². The van der Waals surface area contributed by atoms with E-state index in [4.69, 9.17) is 15.2 Å². The maximum Gasteiger partial charge on any atom is 0.416 e. The first-order valence-electron chi connectivity index (χ1n) is 9.90. The fourth-order valence-corrected chi connectivity index (χ4v) is 3.70. The highest BCUT2D eigenvalue weighted by Crippen LogP contribution is 2.37. The molecule has 1 unspecified atom stereocenters. The van der Waals surface area contributed by atoms with Crippen LogP contribution in [0.3, 0.4) is 0 Å². The first kappa shape index (κ1) is 20.9. The van der Waals surface area contributed by atoms with E-state index in [0.717, 1.165) is 4.90 Å². The van der Waals surface area contributed by atoms with E-state index in [2.05, 4.69) is 10.3 Å². The van der Waals surface area contributed by atoms with Crippen LogP contribution in [0.15, 0.2) is 24.4 Å². The smallest absolute Gasteiger partial charge is 0.416 e. The molecule has 3 N–H and O–H groups in total. The molecule has 0 aliphatic carbocycles. The average Bonchev–Trinajstić information content (AvgIpc) is 3.25. The highest BCUT2D eigenvalue weighted by atomic mass is 19.3. The first-order chi connectivity index (χ1) is 14.8. The summed E-state index contributed by atoms with van der Waals surface area (Å²) in [6.45, 7) is 4.11. The lowest BCUT2D eigenvalue weighted by molar-refractivity contribution is -0.119. The third kappa shape index (κ3) is 3.87. The largest absolute Gasteiger partial charge is 0.491 e. The van der Waals surface area contributed by atoms with E-state index in [-0.39, 0.29) is 18.3 Å². The van der Waals surface area contributed by atoms with Crippen molar-refractivity contribution in [2.75, 3.05) is 23.4 Å². The molecule has 1 aromatic carbocycles. The SMILES string of the molecule is CC(C)C(Nc1ccc2c(c1)OCCn1cc(N3C(=O)OC[C@H]3C(F)F)nc1-2)C(N)=O. The standard InChI is InChI=1S/C20H23F2N5O4/c1-10(2)16(18(23)28)24-11-3-4-12-14(7-11)30-6-5-26-8-15(25-19(12)26)27-13(17(21)22)9-31-20(27)29/h3-4,7-8,10,13,16-17,24H,5-6,9H2,1-2H3,(H2,23,28)/t13-,16?/m0/s1. The number of aromatic nitrogens is 2. The van der Waals surface area contributed by atoms with E-state index in [1.165, 1.54) is 0 Å². The summed E-state index contributed by atoms with van der Waals surface area (Å²) < 4.78 is 39.0. The van der Waals surface area contributed by atoms with Crippen LogP contribution >= 0.6 is 0 Å². The minimum atomic E-state index is -2.75. The van der Waals surface area contributed by atoms with Crippen molar-refractivity contribution in [3.63, 3.8) is 0 Å². The molecule has 166 valence electrons. The number of cyclic esters (lactones) is 1. The lowest BCUT2D eigenvalue weighted by atomic mass is 10.0. The Labute approximate surface area is 177 Å². The van der Waals surface area contributed by atoms with Gasteiger partial charge in [-0.05, 0) is 18.1 Å². The van der Waals surface area contributed by atoms with Gasteiger partial charge in [0.2, 0.25) is 5.91 Å². The second kappa shape index (κ2) is 8.05. The Kier molecular flexibility index (Phi) is 5.42. The highest BCUT2D eigenvalue weighted by molar-refractivity contribution is 5.90.